The fourth-order valence-corrected chi connectivity index (χ4v) is 2.29. The van der Waals surface area contributed by atoms with Crippen LogP contribution in [0.2, 0.25) is 0 Å². The molecular formula is C15H14N2O2. The summed E-state index contributed by atoms with van der Waals surface area (Å²) in [6.07, 6.45) is -1.05. The van der Waals surface area contributed by atoms with Gasteiger partial charge in [0.1, 0.15) is 0 Å². The maximum Gasteiger partial charge on any atom is 0.323 e. The molecule has 0 bridgehead atoms. The molecule has 1 unspecified atom stereocenters. The monoisotopic (exact) mass is 258 g/mol. The third kappa shape index (κ3) is 1.86. The van der Waals surface area contributed by atoms with Crippen LogP contribution in [-0.2, 0) is 6.42 Å². The molecule has 2 amide bonds. The van der Waals surface area contributed by atoms with E-state index in [1.807, 2.05) is 0 Å². The third-order valence-corrected chi connectivity index (χ3v) is 3.12. The molecule has 2 aromatic carbocycles. The summed E-state index contributed by atoms with van der Waals surface area (Å²) in [5.74, 6) is 0. The van der Waals surface area contributed by atoms with Gasteiger partial charge in [0.25, 0.3) is 0 Å². The lowest BCUT2D eigenvalue weighted by Crippen LogP contribution is -2.32. The van der Waals surface area contributed by atoms with Gasteiger partial charge in [-0.05, 0) is 17.7 Å². The van der Waals surface area contributed by atoms with Crippen molar-refractivity contribution in [3.8, 4) is 0 Å². The molecule has 4 nitrogen and oxygen atoms in total. The van der Waals surface area contributed by atoms with Crippen molar-refractivity contribution >= 4 is 17.4 Å². The average Bonchev–Trinajstić information content (AvgIpc) is 2.64. The topological polar surface area (TPSA) is 66.6 Å². The fourth-order valence-electron chi connectivity index (χ4n) is 2.29. The molecule has 3 N–H and O–H groups in total. The first-order chi connectivity index (χ1) is 10.8. The molecule has 96 valence electrons. The molecule has 0 saturated heterocycles. The van der Waals surface area contributed by atoms with E-state index in [4.69, 9.17) is 11.2 Å². The molecule has 0 spiro atoms. The van der Waals surface area contributed by atoms with Crippen molar-refractivity contribution in [1.29, 1.82) is 0 Å². The SMILES string of the molecule is [2H]c1c([2H])c([2H])c2c(c1[2H])C(O)Cc1ccccc1N2C(N)=O. The first kappa shape index (κ1) is 7.96. The van der Waals surface area contributed by atoms with Gasteiger partial charge in [-0.2, -0.15) is 0 Å². The lowest BCUT2D eigenvalue weighted by atomic mass is 10.0. The number of rotatable bonds is 0. The highest BCUT2D eigenvalue weighted by Gasteiger charge is 2.27. The van der Waals surface area contributed by atoms with E-state index in [0.29, 0.717) is 11.3 Å². The molecule has 0 saturated carbocycles. The fraction of sp³-hybridized carbons (Fsp3) is 0.133. The number of amides is 2. The highest BCUT2D eigenvalue weighted by Crippen LogP contribution is 2.39. The number of carbonyl (C=O) groups excluding carboxylic acids is 1. The predicted molar refractivity (Wildman–Crippen MR) is 73.3 cm³/mol. The van der Waals surface area contributed by atoms with E-state index in [-0.39, 0.29) is 23.7 Å². The van der Waals surface area contributed by atoms with Crippen LogP contribution in [0.3, 0.4) is 0 Å². The summed E-state index contributed by atoms with van der Waals surface area (Å²) >= 11 is 0. The Morgan fingerprint density at radius 3 is 2.84 bits per heavy atom. The molecular weight excluding hydrogens is 240 g/mol. The molecule has 1 aliphatic rings. The Morgan fingerprint density at radius 2 is 2.05 bits per heavy atom. The number of anilines is 2. The number of urea groups is 1. The van der Waals surface area contributed by atoms with Gasteiger partial charge < -0.3 is 10.8 Å². The maximum atomic E-state index is 12.0. The van der Waals surface area contributed by atoms with Crippen LogP contribution in [-0.4, -0.2) is 11.1 Å². The van der Waals surface area contributed by atoms with E-state index < -0.39 is 30.3 Å². The third-order valence-electron chi connectivity index (χ3n) is 3.12. The van der Waals surface area contributed by atoms with Gasteiger partial charge in [-0.25, -0.2) is 4.79 Å². The molecule has 1 aliphatic heterocycles. The van der Waals surface area contributed by atoms with Crippen LogP contribution in [0.1, 0.15) is 22.7 Å². The van der Waals surface area contributed by atoms with Crippen molar-refractivity contribution in [3.05, 3.63) is 59.6 Å². The quantitative estimate of drug-likeness (QED) is 0.762. The normalized spacial score (nSPS) is 20.3. The number of benzene rings is 2. The summed E-state index contributed by atoms with van der Waals surface area (Å²) in [5.41, 5.74) is 6.39. The number of para-hydroxylation sites is 2. The first-order valence-electron chi connectivity index (χ1n) is 7.80. The Balaban J connectivity index is 2.44. The van der Waals surface area contributed by atoms with Crippen LogP contribution in [0.25, 0.3) is 0 Å². The number of hydrogen-bond donors (Lipinski definition) is 2. The molecule has 0 radical (unpaired) electrons. The van der Waals surface area contributed by atoms with E-state index in [2.05, 4.69) is 0 Å². The molecule has 19 heavy (non-hydrogen) atoms. The Kier molecular flexibility index (Phi) is 1.85. The highest BCUT2D eigenvalue weighted by atomic mass is 16.3. The molecule has 0 aliphatic carbocycles. The van der Waals surface area contributed by atoms with Gasteiger partial charge >= 0.3 is 6.03 Å². The average molecular weight is 258 g/mol. The summed E-state index contributed by atoms with van der Waals surface area (Å²) in [5, 5.41) is 10.5. The van der Waals surface area contributed by atoms with Crippen molar-refractivity contribution in [1.82, 2.24) is 0 Å². The van der Waals surface area contributed by atoms with E-state index in [9.17, 15) is 9.90 Å². The van der Waals surface area contributed by atoms with Gasteiger partial charge in [0.05, 0.1) is 23.0 Å². The van der Waals surface area contributed by atoms with Crippen molar-refractivity contribution in [2.24, 2.45) is 5.73 Å². The Bertz CT molecular complexity index is 826. The number of aliphatic hydroxyl groups excluding tert-OH is 1. The van der Waals surface area contributed by atoms with Gasteiger partial charge in [0.2, 0.25) is 0 Å². The largest absolute Gasteiger partial charge is 0.388 e. The minimum Gasteiger partial charge on any atom is -0.388 e. The van der Waals surface area contributed by atoms with Crippen molar-refractivity contribution in [2.75, 3.05) is 4.90 Å². The number of carbonyl (C=O) groups is 1. The summed E-state index contributed by atoms with van der Waals surface area (Å²) in [7, 11) is 0. The second-order valence-corrected chi connectivity index (χ2v) is 4.28. The van der Waals surface area contributed by atoms with Crippen LogP contribution < -0.4 is 10.6 Å². The minimum atomic E-state index is -1.17. The number of nitrogens with two attached hydrogens (primary N) is 1. The Hall–Kier alpha value is -2.33. The summed E-state index contributed by atoms with van der Waals surface area (Å²) in [6.45, 7) is 0. The lowest BCUT2D eigenvalue weighted by Gasteiger charge is -2.22. The predicted octanol–water partition coefficient (Wildman–Crippen LogP) is 2.49. The van der Waals surface area contributed by atoms with Crippen LogP contribution in [0, 0.1) is 0 Å². The van der Waals surface area contributed by atoms with Crippen LogP contribution in [0.4, 0.5) is 16.2 Å². The molecule has 2 aromatic rings. The zero-order valence-corrected chi connectivity index (χ0v) is 9.97. The maximum absolute atomic E-state index is 12.0. The second-order valence-electron chi connectivity index (χ2n) is 4.28. The second kappa shape index (κ2) is 4.40. The van der Waals surface area contributed by atoms with E-state index in [0.717, 1.165) is 4.90 Å². The van der Waals surface area contributed by atoms with E-state index in [1.54, 1.807) is 24.3 Å². The standard InChI is InChI=1S/C15H14N2O2/c16-15(19)17-12-7-3-1-5-10(12)9-14(18)11-6-2-4-8-13(11)17/h1-8,14,18H,9H2,(H2,16,19)/i2D,4D,6D,8D. The molecule has 3 rings (SSSR count). The first-order valence-corrected chi connectivity index (χ1v) is 5.80. The number of primary amides is 1. The van der Waals surface area contributed by atoms with Gasteiger partial charge in [0, 0.05) is 12.0 Å². The van der Waals surface area contributed by atoms with Crippen LogP contribution in [0.5, 0.6) is 0 Å². The molecule has 0 fully saturated rings. The van der Waals surface area contributed by atoms with E-state index in [1.165, 1.54) is 0 Å². The number of aliphatic hydroxyl groups is 1. The minimum absolute atomic E-state index is 0.0222. The van der Waals surface area contributed by atoms with Gasteiger partial charge in [-0.15, -0.1) is 0 Å². The molecule has 1 heterocycles. The van der Waals surface area contributed by atoms with Gasteiger partial charge in [-0.1, -0.05) is 36.3 Å². The van der Waals surface area contributed by atoms with Crippen LogP contribution >= 0.6 is 0 Å². The van der Waals surface area contributed by atoms with E-state index >= 15 is 0 Å². The summed E-state index contributed by atoms with van der Waals surface area (Å²) in [6, 6.07) is 4.20. The van der Waals surface area contributed by atoms with Gasteiger partial charge in [-0.3, -0.25) is 4.90 Å². The zero-order valence-electron chi connectivity index (χ0n) is 14.0. The lowest BCUT2D eigenvalue weighted by molar-refractivity contribution is 0.180. The van der Waals surface area contributed by atoms with Crippen molar-refractivity contribution < 1.29 is 15.4 Å². The smallest absolute Gasteiger partial charge is 0.323 e. The van der Waals surface area contributed by atoms with Crippen LogP contribution in [0.15, 0.2) is 48.4 Å². The zero-order chi connectivity index (χ0) is 16.9. The molecule has 1 atom stereocenters. The van der Waals surface area contributed by atoms with Gasteiger partial charge in [0.15, 0.2) is 0 Å². The summed E-state index contributed by atoms with van der Waals surface area (Å²) < 4.78 is 31.8. The number of hydrogen-bond acceptors (Lipinski definition) is 2. The molecule has 0 aromatic heterocycles. The summed E-state index contributed by atoms with van der Waals surface area (Å²) in [4.78, 5) is 13.1. The Labute approximate surface area is 116 Å². The molecule has 4 heteroatoms. The highest BCUT2D eigenvalue weighted by molar-refractivity contribution is 6.00. The van der Waals surface area contributed by atoms with Crippen molar-refractivity contribution in [2.45, 2.75) is 12.5 Å². The Morgan fingerprint density at radius 1 is 1.32 bits per heavy atom. The number of fused-ring (bicyclic) bond motifs is 2. The van der Waals surface area contributed by atoms with Crippen molar-refractivity contribution in [3.63, 3.8) is 0 Å². The number of nitrogens with zero attached hydrogens (tertiary/aromatic N) is 1.